The van der Waals surface area contributed by atoms with Crippen LogP contribution >= 0.6 is 11.6 Å². The molecule has 0 spiro atoms. The Bertz CT molecular complexity index is 347. The van der Waals surface area contributed by atoms with E-state index in [1.54, 1.807) is 31.4 Å². The predicted octanol–water partition coefficient (Wildman–Crippen LogP) is 3.19. The zero-order chi connectivity index (χ0) is 11.4. The highest BCUT2D eigenvalue weighted by Crippen LogP contribution is 2.16. The lowest BCUT2D eigenvalue weighted by Crippen LogP contribution is -2.28. The van der Waals surface area contributed by atoms with Gasteiger partial charge in [-0.05, 0) is 18.1 Å². The fourth-order valence-electron chi connectivity index (χ4n) is 1.49. The highest BCUT2D eigenvalue weighted by molar-refractivity contribution is 6.31. The summed E-state index contributed by atoms with van der Waals surface area (Å²) in [5.74, 6) is 0.136. The van der Waals surface area contributed by atoms with Gasteiger partial charge < -0.3 is 4.74 Å². The van der Waals surface area contributed by atoms with E-state index in [2.05, 4.69) is 0 Å². The number of halogens is 1. The van der Waals surface area contributed by atoms with E-state index in [-0.39, 0.29) is 11.7 Å². The van der Waals surface area contributed by atoms with Crippen molar-refractivity contribution in [1.29, 1.82) is 0 Å². The Kier molecular flexibility index (Phi) is 4.30. The van der Waals surface area contributed by atoms with E-state index in [0.29, 0.717) is 10.6 Å². The van der Waals surface area contributed by atoms with Crippen molar-refractivity contribution in [2.45, 2.75) is 20.0 Å². The van der Waals surface area contributed by atoms with E-state index in [9.17, 15) is 4.79 Å². The van der Waals surface area contributed by atoms with Crippen LogP contribution in [-0.2, 0) is 4.74 Å². The van der Waals surface area contributed by atoms with Crippen LogP contribution in [0.2, 0.25) is 5.02 Å². The van der Waals surface area contributed by atoms with E-state index in [1.165, 1.54) is 0 Å². The predicted molar refractivity (Wildman–Crippen MR) is 61.4 cm³/mol. The Morgan fingerprint density at radius 2 is 2.07 bits per heavy atom. The standard InChI is InChI=1S/C12H15ClO2/c1-8(2)12(15-3)11(14)9-5-4-6-10(13)7-9/h4-8,12H,1-3H3. The van der Waals surface area contributed by atoms with Gasteiger partial charge in [-0.15, -0.1) is 0 Å². The normalized spacial score (nSPS) is 12.9. The molecule has 0 bridgehead atoms. The van der Waals surface area contributed by atoms with E-state index in [1.807, 2.05) is 13.8 Å². The van der Waals surface area contributed by atoms with Crippen LogP contribution in [0.5, 0.6) is 0 Å². The summed E-state index contributed by atoms with van der Waals surface area (Å²) in [6.45, 7) is 3.91. The van der Waals surface area contributed by atoms with Gasteiger partial charge in [-0.25, -0.2) is 0 Å². The van der Waals surface area contributed by atoms with Gasteiger partial charge in [0.05, 0.1) is 0 Å². The summed E-state index contributed by atoms with van der Waals surface area (Å²) in [6.07, 6.45) is -0.400. The summed E-state index contributed by atoms with van der Waals surface area (Å²) < 4.78 is 5.18. The van der Waals surface area contributed by atoms with Crippen molar-refractivity contribution in [3.05, 3.63) is 34.9 Å². The molecule has 0 saturated carbocycles. The number of hydrogen-bond acceptors (Lipinski definition) is 2. The number of methoxy groups -OCH3 is 1. The monoisotopic (exact) mass is 226 g/mol. The highest BCUT2D eigenvalue weighted by Gasteiger charge is 2.22. The van der Waals surface area contributed by atoms with Crippen molar-refractivity contribution >= 4 is 17.4 Å². The van der Waals surface area contributed by atoms with Gasteiger partial charge in [0, 0.05) is 17.7 Å². The topological polar surface area (TPSA) is 26.3 Å². The Morgan fingerprint density at radius 3 is 2.53 bits per heavy atom. The number of Topliss-reactive ketones (excluding diaryl/α,β-unsaturated/α-hetero) is 1. The van der Waals surface area contributed by atoms with Crippen molar-refractivity contribution in [3.63, 3.8) is 0 Å². The second-order valence-electron chi connectivity index (χ2n) is 3.77. The Balaban J connectivity index is 2.93. The summed E-state index contributed by atoms with van der Waals surface area (Å²) in [5, 5.41) is 0.569. The van der Waals surface area contributed by atoms with Gasteiger partial charge in [0.1, 0.15) is 6.10 Å². The summed E-state index contributed by atoms with van der Waals surface area (Å²) >= 11 is 5.82. The van der Waals surface area contributed by atoms with Gasteiger partial charge in [0.25, 0.3) is 0 Å². The third-order valence-electron chi connectivity index (χ3n) is 2.23. The van der Waals surface area contributed by atoms with Crippen LogP contribution in [0.15, 0.2) is 24.3 Å². The fraction of sp³-hybridized carbons (Fsp3) is 0.417. The number of hydrogen-bond donors (Lipinski definition) is 0. The van der Waals surface area contributed by atoms with Crippen molar-refractivity contribution < 1.29 is 9.53 Å². The molecular weight excluding hydrogens is 212 g/mol. The minimum Gasteiger partial charge on any atom is -0.373 e. The van der Waals surface area contributed by atoms with Crippen LogP contribution in [0.25, 0.3) is 0 Å². The molecule has 15 heavy (non-hydrogen) atoms. The minimum absolute atomic E-state index is 0.0185. The molecule has 0 N–H and O–H groups in total. The number of benzene rings is 1. The first-order valence-corrected chi connectivity index (χ1v) is 5.26. The van der Waals surface area contributed by atoms with Crippen LogP contribution in [0.4, 0.5) is 0 Å². The lowest BCUT2D eigenvalue weighted by molar-refractivity contribution is 0.0459. The van der Waals surface area contributed by atoms with Crippen molar-refractivity contribution in [2.24, 2.45) is 5.92 Å². The molecule has 0 aromatic heterocycles. The van der Waals surface area contributed by atoms with Crippen LogP contribution < -0.4 is 0 Å². The zero-order valence-corrected chi connectivity index (χ0v) is 9.91. The van der Waals surface area contributed by atoms with Crippen LogP contribution in [0.3, 0.4) is 0 Å². The molecule has 2 nitrogen and oxygen atoms in total. The van der Waals surface area contributed by atoms with Crippen molar-refractivity contribution in [3.8, 4) is 0 Å². The lowest BCUT2D eigenvalue weighted by Gasteiger charge is -2.17. The number of ether oxygens (including phenoxy) is 1. The molecular formula is C12H15ClO2. The maximum atomic E-state index is 12.0. The summed E-state index contributed by atoms with van der Waals surface area (Å²) in [6, 6.07) is 6.93. The van der Waals surface area contributed by atoms with Crippen LogP contribution in [0.1, 0.15) is 24.2 Å². The molecule has 1 aromatic rings. The molecule has 0 aliphatic heterocycles. The summed E-state index contributed by atoms with van der Waals surface area (Å²) in [4.78, 5) is 12.0. The van der Waals surface area contributed by atoms with Gasteiger partial charge in [0.15, 0.2) is 5.78 Å². The van der Waals surface area contributed by atoms with Crippen LogP contribution in [-0.4, -0.2) is 19.0 Å². The third kappa shape index (κ3) is 3.05. The first-order chi connectivity index (χ1) is 7.06. The van der Waals surface area contributed by atoms with Gasteiger partial charge in [-0.1, -0.05) is 37.6 Å². The Labute approximate surface area is 95.2 Å². The molecule has 1 aromatic carbocycles. The average molecular weight is 227 g/mol. The van der Waals surface area contributed by atoms with E-state index < -0.39 is 6.10 Å². The third-order valence-corrected chi connectivity index (χ3v) is 2.46. The maximum Gasteiger partial charge on any atom is 0.191 e. The molecule has 0 aliphatic rings. The molecule has 82 valence electrons. The molecule has 0 aliphatic carbocycles. The number of carbonyl (C=O) groups is 1. The molecule has 1 atom stereocenters. The zero-order valence-electron chi connectivity index (χ0n) is 9.16. The first kappa shape index (κ1) is 12.2. The maximum absolute atomic E-state index is 12.0. The number of rotatable bonds is 4. The summed E-state index contributed by atoms with van der Waals surface area (Å²) in [5.41, 5.74) is 0.600. The van der Waals surface area contributed by atoms with E-state index in [4.69, 9.17) is 16.3 Å². The quantitative estimate of drug-likeness (QED) is 0.737. The SMILES string of the molecule is COC(C(=O)c1cccc(Cl)c1)C(C)C. The summed E-state index contributed by atoms with van der Waals surface area (Å²) in [7, 11) is 1.55. The highest BCUT2D eigenvalue weighted by atomic mass is 35.5. The molecule has 0 saturated heterocycles. The second kappa shape index (κ2) is 5.29. The van der Waals surface area contributed by atoms with E-state index >= 15 is 0 Å². The van der Waals surface area contributed by atoms with E-state index in [0.717, 1.165) is 0 Å². The molecule has 0 heterocycles. The lowest BCUT2D eigenvalue weighted by atomic mass is 9.98. The van der Waals surface area contributed by atoms with Crippen molar-refractivity contribution in [1.82, 2.24) is 0 Å². The largest absolute Gasteiger partial charge is 0.373 e. The van der Waals surface area contributed by atoms with Gasteiger partial charge in [-0.3, -0.25) is 4.79 Å². The minimum atomic E-state index is -0.400. The molecule has 3 heteroatoms. The molecule has 0 fully saturated rings. The average Bonchev–Trinajstić information content (AvgIpc) is 2.18. The molecule has 0 radical (unpaired) electrons. The fourth-order valence-corrected chi connectivity index (χ4v) is 1.68. The van der Waals surface area contributed by atoms with Gasteiger partial charge in [0.2, 0.25) is 0 Å². The van der Waals surface area contributed by atoms with Gasteiger partial charge in [-0.2, -0.15) is 0 Å². The van der Waals surface area contributed by atoms with Gasteiger partial charge >= 0.3 is 0 Å². The van der Waals surface area contributed by atoms with Crippen molar-refractivity contribution in [2.75, 3.05) is 7.11 Å². The smallest absolute Gasteiger partial charge is 0.191 e. The molecule has 1 rings (SSSR count). The second-order valence-corrected chi connectivity index (χ2v) is 4.21. The Hall–Kier alpha value is -0.860. The first-order valence-electron chi connectivity index (χ1n) is 4.89. The molecule has 1 unspecified atom stereocenters. The number of ketones is 1. The Morgan fingerprint density at radius 1 is 1.40 bits per heavy atom. The van der Waals surface area contributed by atoms with Crippen LogP contribution in [0, 0.1) is 5.92 Å². The molecule has 0 amide bonds. The number of carbonyl (C=O) groups excluding carboxylic acids is 1.